The van der Waals surface area contributed by atoms with Gasteiger partial charge in [0.25, 0.3) is 0 Å². The molecule has 0 heterocycles. The zero-order valence-electron chi connectivity index (χ0n) is 23.7. The third-order valence-electron chi connectivity index (χ3n) is 11.8. The summed E-state index contributed by atoms with van der Waals surface area (Å²) in [5.41, 5.74) is 0.747. The predicted molar refractivity (Wildman–Crippen MR) is 156 cm³/mol. The summed E-state index contributed by atoms with van der Waals surface area (Å²) in [6.45, 7) is 15.4. The van der Waals surface area contributed by atoms with E-state index >= 15 is 0 Å². The van der Waals surface area contributed by atoms with Gasteiger partial charge in [0.05, 0.1) is 0 Å². The van der Waals surface area contributed by atoms with Crippen molar-refractivity contribution in [1.82, 2.24) is 0 Å². The van der Waals surface area contributed by atoms with E-state index < -0.39 is 0 Å². The molecule has 8 bridgehead atoms. The normalized spacial score (nSPS) is 48.8. The summed E-state index contributed by atoms with van der Waals surface area (Å²) in [6, 6.07) is 0. The zero-order valence-corrected chi connectivity index (χ0v) is 25.4. The van der Waals surface area contributed by atoms with Gasteiger partial charge in [-0.25, -0.2) is 0 Å². The van der Waals surface area contributed by atoms with Crippen molar-refractivity contribution in [2.45, 2.75) is 145 Å². The molecule has 0 saturated heterocycles. The lowest BCUT2D eigenvalue weighted by Gasteiger charge is -2.68. The SMILES string of the molecule is CC(C)(C)P(C1C=CC=C1P(C12CC3CC(CC(C3)C1)C2)C12CC3CC(CC(C3)C1)C2)C(C)(C)C. The maximum absolute atomic E-state index is 2.76. The molecular formula is C33H52P2. The number of rotatable bonds is 4. The lowest BCUT2D eigenvalue weighted by Crippen LogP contribution is -2.57. The summed E-state index contributed by atoms with van der Waals surface area (Å²) in [5, 5.41) is 4.26. The summed E-state index contributed by atoms with van der Waals surface area (Å²) in [7, 11) is -0.198. The van der Waals surface area contributed by atoms with Gasteiger partial charge < -0.3 is 0 Å². The van der Waals surface area contributed by atoms with E-state index in [9.17, 15) is 0 Å². The second kappa shape index (κ2) is 7.94. The summed E-state index contributed by atoms with van der Waals surface area (Å²) < 4.78 is 0. The van der Waals surface area contributed by atoms with Crippen LogP contribution in [0.15, 0.2) is 23.5 Å². The molecule has 35 heavy (non-hydrogen) atoms. The maximum atomic E-state index is 2.76. The summed E-state index contributed by atoms with van der Waals surface area (Å²) >= 11 is 0. The third kappa shape index (κ3) is 3.87. The maximum Gasteiger partial charge on any atom is 0.0238 e. The summed E-state index contributed by atoms with van der Waals surface area (Å²) in [4.78, 5) is 0. The smallest absolute Gasteiger partial charge is 0.0238 e. The molecule has 0 spiro atoms. The Kier molecular flexibility index (Phi) is 5.53. The van der Waals surface area contributed by atoms with Gasteiger partial charge >= 0.3 is 0 Å². The number of hydrogen-bond acceptors (Lipinski definition) is 0. The van der Waals surface area contributed by atoms with Gasteiger partial charge in [0.1, 0.15) is 0 Å². The van der Waals surface area contributed by atoms with Crippen LogP contribution in [-0.4, -0.2) is 26.3 Å². The Hall–Kier alpha value is 0.340. The Morgan fingerprint density at radius 2 is 0.943 bits per heavy atom. The van der Waals surface area contributed by atoms with Gasteiger partial charge in [0, 0.05) is 5.66 Å². The van der Waals surface area contributed by atoms with Crippen molar-refractivity contribution in [2.24, 2.45) is 35.5 Å². The molecule has 194 valence electrons. The van der Waals surface area contributed by atoms with Crippen LogP contribution >= 0.6 is 15.8 Å². The molecule has 9 aliphatic rings. The minimum atomic E-state index is -0.137. The third-order valence-corrected chi connectivity index (χ3v) is 19.8. The van der Waals surface area contributed by atoms with Crippen LogP contribution in [0.25, 0.3) is 0 Å². The van der Waals surface area contributed by atoms with Gasteiger partial charge in [0.2, 0.25) is 0 Å². The lowest BCUT2D eigenvalue weighted by molar-refractivity contribution is 0.0191. The first kappa shape index (κ1) is 24.4. The molecule has 9 rings (SSSR count). The Bertz CT molecular complexity index is 795. The molecule has 0 aromatic heterocycles. The first-order valence-electron chi connectivity index (χ1n) is 15.4. The van der Waals surface area contributed by atoms with Gasteiger partial charge in [-0.3, -0.25) is 0 Å². The molecule has 9 aliphatic carbocycles. The molecule has 0 aliphatic heterocycles. The highest BCUT2D eigenvalue weighted by atomic mass is 31.1. The highest BCUT2D eigenvalue weighted by molar-refractivity contribution is 7.69. The van der Waals surface area contributed by atoms with Crippen molar-refractivity contribution in [1.29, 1.82) is 0 Å². The van der Waals surface area contributed by atoms with Gasteiger partial charge in [0.15, 0.2) is 0 Å². The van der Waals surface area contributed by atoms with Gasteiger partial charge in [-0.1, -0.05) is 75.6 Å². The highest BCUT2D eigenvalue weighted by Gasteiger charge is 2.64. The minimum Gasteiger partial charge on any atom is -0.0839 e. The molecule has 0 aromatic rings. The quantitative estimate of drug-likeness (QED) is 0.330. The lowest BCUT2D eigenvalue weighted by atomic mass is 9.55. The summed E-state index contributed by atoms with van der Waals surface area (Å²) in [6.07, 6.45) is 27.4. The van der Waals surface area contributed by atoms with Crippen LogP contribution < -0.4 is 0 Å². The minimum absolute atomic E-state index is 0.0613. The van der Waals surface area contributed by atoms with Crippen LogP contribution in [0.4, 0.5) is 0 Å². The highest BCUT2D eigenvalue weighted by Crippen LogP contribution is 2.84. The Morgan fingerprint density at radius 1 is 0.600 bits per heavy atom. The van der Waals surface area contributed by atoms with Gasteiger partial charge in [-0.2, -0.15) is 0 Å². The van der Waals surface area contributed by atoms with E-state index in [2.05, 4.69) is 59.8 Å². The van der Waals surface area contributed by atoms with E-state index in [0.717, 1.165) is 41.2 Å². The molecular weight excluding hydrogens is 458 g/mol. The van der Waals surface area contributed by atoms with Crippen LogP contribution in [0.2, 0.25) is 0 Å². The van der Waals surface area contributed by atoms with Crippen LogP contribution in [0, 0.1) is 35.5 Å². The Labute approximate surface area is 219 Å². The second-order valence-electron chi connectivity index (χ2n) is 16.8. The van der Waals surface area contributed by atoms with Crippen molar-refractivity contribution >= 4 is 15.8 Å². The van der Waals surface area contributed by atoms with E-state index in [-0.39, 0.29) is 15.8 Å². The van der Waals surface area contributed by atoms with E-state index in [0.29, 0.717) is 20.6 Å². The largest absolute Gasteiger partial charge is 0.0839 e. The van der Waals surface area contributed by atoms with Crippen LogP contribution in [0.1, 0.15) is 119 Å². The van der Waals surface area contributed by atoms with Crippen LogP contribution in [0.5, 0.6) is 0 Å². The van der Waals surface area contributed by atoms with E-state index in [1.165, 1.54) is 0 Å². The molecule has 2 heteroatoms. The topological polar surface area (TPSA) is 0 Å². The number of hydrogen-bond donors (Lipinski definition) is 0. The van der Waals surface area contributed by atoms with Crippen molar-refractivity contribution in [3.05, 3.63) is 23.5 Å². The fourth-order valence-electron chi connectivity index (χ4n) is 12.5. The fourth-order valence-corrected chi connectivity index (χ4v) is 22.8. The van der Waals surface area contributed by atoms with Crippen LogP contribution in [-0.2, 0) is 0 Å². The van der Waals surface area contributed by atoms with Crippen molar-refractivity contribution in [2.75, 3.05) is 0 Å². The van der Waals surface area contributed by atoms with E-state index in [1.54, 1.807) is 77.0 Å². The standard InChI is InChI=1S/C33H52P2/c1-30(2,3)34(31(4,5)6)28-8-7-9-29(28)35(32-16-22-10-23(17-32)12-24(11-22)18-32)33-19-25-13-26(20-33)15-27(14-25)21-33/h7-9,22-28H,10-21H2,1-6H3. The predicted octanol–water partition coefficient (Wildman–Crippen LogP) is 10.3. The molecule has 0 N–H and O–H groups in total. The first-order chi connectivity index (χ1) is 16.4. The molecule has 8 fully saturated rings. The zero-order chi connectivity index (χ0) is 24.4. The first-order valence-corrected chi connectivity index (χ1v) is 18.2. The van der Waals surface area contributed by atoms with Gasteiger partial charge in [-0.15, -0.1) is 0 Å². The molecule has 8 saturated carbocycles. The number of allylic oxidation sites excluding steroid dienone is 4. The molecule has 1 atom stereocenters. The summed E-state index contributed by atoms with van der Waals surface area (Å²) in [5.74, 6) is 6.50. The Balaban J connectivity index is 1.35. The van der Waals surface area contributed by atoms with Crippen molar-refractivity contribution in [3.63, 3.8) is 0 Å². The molecule has 0 amide bonds. The molecule has 0 aromatic carbocycles. The van der Waals surface area contributed by atoms with E-state index in [4.69, 9.17) is 0 Å². The molecule has 0 nitrogen and oxygen atoms in total. The monoisotopic (exact) mass is 510 g/mol. The van der Waals surface area contributed by atoms with Crippen molar-refractivity contribution in [3.8, 4) is 0 Å². The van der Waals surface area contributed by atoms with Gasteiger partial charge in [-0.05, 0) is 138 Å². The van der Waals surface area contributed by atoms with Crippen molar-refractivity contribution < 1.29 is 0 Å². The second-order valence-corrected chi connectivity index (χ2v) is 23.8. The Morgan fingerprint density at radius 3 is 1.26 bits per heavy atom. The van der Waals surface area contributed by atoms with Crippen LogP contribution in [0.3, 0.4) is 0 Å². The fraction of sp³-hybridized carbons (Fsp3) is 0.879. The molecule has 1 unspecified atom stereocenters. The average Bonchev–Trinajstić information content (AvgIpc) is 3.10. The average molecular weight is 511 g/mol. The van der Waals surface area contributed by atoms with E-state index in [1.807, 2.05) is 5.31 Å². The molecule has 0 radical (unpaired) electrons.